The Morgan fingerprint density at radius 1 is 1.15 bits per heavy atom. The van der Waals surface area contributed by atoms with E-state index in [1.807, 2.05) is 24.3 Å². The number of anilines is 1. The van der Waals surface area contributed by atoms with Crippen LogP contribution in [-0.4, -0.2) is 31.9 Å². The summed E-state index contributed by atoms with van der Waals surface area (Å²) in [6, 6.07) is 15.3. The molecule has 1 fully saturated rings. The molecule has 0 amide bonds. The summed E-state index contributed by atoms with van der Waals surface area (Å²) in [7, 11) is -3.35. The monoisotopic (exact) mass is 373 g/mol. The number of benzene rings is 2. The molecule has 0 spiro atoms. The second kappa shape index (κ2) is 7.85. The predicted molar refractivity (Wildman–Crippen MR) is 98.4 cm³/mol. The number of halogens is 1. The standard InChI is InChI=1S/C19H20FN3O2S/c20-18-12-16(13-21)6-7-19(18)22-17-8-10-23(11-9-17)26(24,25)14-15-4-2-1-3-5-15/h1-7,12,17,22H,8-11,14H2. The van der Waals surface area contributed by atoms with Gasteiger partial charge in [-0.15, -0.1) is 0 Å². The molecule has 2 aromatic carbocycles. The van der Waals surface area contributed by atoms with Gasteiger partial charge >= 0.3 is 0 Å². The Labute approximate surface area is 153 Å². The zero-order valence-electron chi connectivity index (χ0n) is 14.2. The summed E-state index contributed by atoms with van der Waals surface area (Å²) in [5.41, 5.74) is 1.39. The molecule has 0 unspecified atom stereocenters. The highest BCUT2D eigenvalue weighted by atomic mass is 32.2. The summed E-state index contributed by atoms with van der Waals surface area (Å²) in [5.74, 6) is -0.473. The van der Waals surface area contributed by atoms with Crippen LogP contribution in [0.4, 0.5) is 10.1 Å². The Balaban J connectivity index is 1.58. The highest BCUT2D eigenvalue weighted by molar-refractivity contribution is 7.88. The highest BCUT2D eigenvalue weighted by Gasteiger charge is 2.28. The molecule has 2 aromatic rings. The molecule has 136 valence electrons. The topological polar surface area (TPSA) is 73.2 Å². The van der Waals surface area contributed by atoms with Gasteiger partial charge in [-0.1, -0.05) is 30.3 Å². The zero-order chi connectivity index (χ0) is 18.6. The lowest BCUT2D eigenvalue weighted by Gasteiger charge is -2.32. The molecule has 7 heteroatoms. The number of hydrogen-bond donors (Lipinski definition) is 1. The summed E-state index contributed by atoms with van der Waals surface area (Å²) < 4.78 is 40.6. The lowest BCUT2D eigenvalue weighted by molar-refractivity contribution is 0.329. The van der Waals surface area contributed by atoms with Crippen LogP contribution in [0.25, 0.3) is 0 Å². The van der Waals surface area contributed by atoms with Gasteiger partial charge in [0.1, 0.15) is 5.82 Å². The van der Waals surface area contributed by atoms with E-state index >= 15 is 0 Å². The summed E-state index contributed by atoms with van der Waals surface area (Å²) >= 11 is 0. The Morgan fingerprint density at radius 2 is 1.85 bits per heavy atom. The van der Waals surface area contributed by atoms with E-state index in [1.54, 1.807) is 24.3 Å². The molecule has 1 aliphatic rings. The van der Waals surface area contributed by atoms with E-state index in [0.29, 0.717) is 31.6 Å². The quantitative estimate of drug-likeness (QED) is 0.874. The third kappa shape index (κ3) is 4.40. The van der Waals surface area contributed by atoms with E-state index in [1.165, 1.54) is 10.4 Å². The number of nitriles is 1. The van der Waals surface area contributed by atoms with E-state index in [9.17, 15) is 12.8 Å². The van der Waals surface area contributed by atoms with Crippen molar-refractivity contribution in [3.8, 4) is 6.07 Å². The van der Waals surface area contributed by atoms with Crippen molar-refractivity contribution >= 4 is 15.7 Å². The van der Waals surface area contributed by atoms with Crippen LogP contribution in [0.1, 0.15) is 24.0 Å². The van der Waals surface area contributed by atoms with E-state index in [2.05, 4.69) is 5.32 Å². The molecule has 0 aromatic heterocycles. The minimum atomic E-state index is -3.35. The Hall–Kier alpha value is -2.43. The molecule has 1 N–H and O–H groups in total. The normalized spacial score (nSPS) is 16.2. The Kier molecular flexibility index (Phi) is 5.55. The summed E-state index contributed by atoms with van der Waals surface area (Å²) in [5, 5.41) is 11.9. The van der Waals surface area contributed by atoms with Gasteiger partial charge in [-0.05, 0) is 36.6 Å². The Morgan fingerprint density at radius 3 is 2.46 bits per heavy atom. The average Bonchev–Trinajstić information content (AvgIpc) is 2.64. The Bertz CT molecular complexity index is 902. The number of hydrogen-bond acceptors (Lipinski definition) is 4. The van der Waals surface area contributed by atoms with Gasteiger partial charge in [0.05, 0.1) is 23.1 Å². The van der Waals surface area contributed by atoms with Crippen molar-refractivity contribution in [2.24, 2.45) is 0 Å². The van der Waals surface area contributed by atoms with Gasteiger partial charge in [0.25, 0.3) is 0 Å². The molecule has 1 saturated heterocycles. The van der Waals surface area contributed by atoms with E-state index < -0.39 is 15.8 Å². The molecule has 1 aliphatic heterocycles. The predicted octanol–water partition coefficient (Wildman–Crippen LogP) is 3.10. The molecule has 0 atom stereocenters. The number of sulfonamides is 1. The molecule has 26 heavy (non-hydrogen) atoms. The van der Waals surface area contributed by atoms with Crippen molar-refractivity contribution in [2.75, 3.05) is 18.4 Å². The molecular weight excluding hydrogens is 353 g/mol. The van der Waals surface area contributed by atoms with Crippen LogP contribution in [0.5, 0.6) is 0 Å². The summed E-state index contributed by atoms with van der Waals surface area (Å²) in [6.07, 6.45) is 1.21. The average molecular weight is 373 g/mol. The van der Waals surface area contributed by atoms with Gasteiger partial charge in [-0.3, -0.25) is 0 Å². The molecule has 5 nitrogen and oxygen atoms in total. The van der Waals surface area contributed by atoms with Gasteiger partial charge in [-0.25, -0.2) is 17.1 Å². The SMILES string of the molecule is N#Cc1ccc(NC2CCN(S(=O)(=O)Cc3ccccc3)CC2)c(F)c1. The maximum absolute atomic E-state index is 14.0. The summed E-state index contributed by atoms with van der Waals surface area (Å²) in [4.78, 5) is 0. The maximum atomic E-state index is 14.0. The molecule has 0 aliphatic carbocycles. The van der Waals surface area contributed by atoms with Gasteiger partial charge < -0.3 is 5.32 Å². The van der Waals surface area contributed by atoms with E-state index in [0.717, 1.165) is 5.56 Å². The molecule has 0 bridgehead atoms. The molecular formula is C19H20FN3O2S. The van der Waals surface area contributed by atoms with Crippen molar-refractivity contribution < 1.29 is 12.8 Å². The second-order valence-electron chi connectivity index (χ2n) is 6.37. The van der Waals surface area contributed by atoms with Crippen LogP contribution in [0.3, 0.4) is 0 Å². The fourth-order valence-electron chi connectivity index (χ4n) is 3.08. The maximum Gasteiger partial charge on any atom is 0.218 e. The summed E-state index contributed by atoms with van der Waals surface area (Å²) in [6.45, 7) is 0.815. The minimum Gasteiger partial charge on any atom is -0.380 e. The highest BCUT2D eigenvalue weighted by Crippen LogP contribution is 2.22. The van der Waals surface area contributed by atoms with Crippen LogP contribution >= 0.6 is 0 Å². The van der Waals surface area contributed by atoms with Gasteiger partial charge in [0.2, 0.25) is 10.0 Å². The zero-order valence-corrected chi connectivity index (χ0v) is 15.0. The number of nitrogens with one attached hydrogen (secondary N) is 1. The first-order valence-electron chi connectivity index (χ1n) is 8.46. The van der Waals surface area contributed by atoms with E-state index in [4.69, 9.17) is 5.26 Å². The lowest BCUT2D eigenvalue weighted by Crippen LogP contribution is -2.42. The minimum absolute atomic E-state index is 0.000566. The lowest BCUT2D eigenvalue weighted by atomic mass is 10.1. The number of nitrogens with zero attached hydrogens (tertiary/aromatic N) is 2. The van der Waals surface area contributed by atoms with Crippen molar-refractivity contribution in [1.29, 1.82) is 5.26 Å². The second-order valence-corrected chi connectivity index (χ2v) is 8.33. The van der Waals surface area contributed by atoms with E-state index in [-0.39, 0.29) is 17.4 Å². The fraction of sp³-hybridized carbons (Fsp3) is 0.316. The smallest absolute Gasteiger partial charge is 0.218 e. The van der Waals surface area contributed by atoms with Crippen molar-refractivity contribution in [1.82, 2.24) is 4.31 Å². The first kappa shape index (κ1) is 18.4. The van der Waals surface area contributed by atoms with Gasteiger partial charge in [0, 0.05) is 19.1 Å². The van der Waals surface area contributed by atoms with Crippen LogP contribution in [-0.2, 0) is 15.8 Å². The molecule has 1 heterocycles. The van der Waals surface area contributed by atoms with Crippen molar-refractivity contribution in [3.63, 3.8) is 0 Å². The van der Waals surface area contributed by atoms with Crippen LogP contribution in [0, 0.1) is 17.1 Å². The van der Waals surface area contributed by atoms with Crippen LogP contribution < -0.4 is 5.32 Å². The molecule has 3 rings (SSSR count). The van der Waals surface area contributed by atoms with Gasteiger partial charge in [0.15, 0.2) is 0 Å². The molecule has 0 saturated carbocycles. The van der Waals surface area contributed by atoms with Crippen LogP contribution in [0.2, 0.25) is 0 Å². The molecule has 0 radical (unpaired) electrons. The number of piperidine rings is 1. The van der Waals surface area contributed by atoms with Crippen molar-refractivity contribution in [3.05, 3.63) is 65.5 Å². The van der Waals surface area contributed by atoms with Crippen molar-refractivity contribution in [2.45, 2.75) is 24.6 Å². The van der Waals surface area contributed by atoms with Crippen LogP contribution in [0.15, 0.2) is 48.5 Å². The first-order valence-corrected chi connectivity index (χ1v) is 10.1. The largest absolute Gasteiger partial charge is 0.380 e. The fourth-order valence-corrected chi connectivity index (χ4v) is 4.64. The third-order valence-electron chi connectivity index (χ3n) is 4.50. The van der Waals surface area contributed by atoms with Gasteiger partial charge in [-0.2, -0.15) is 5.26 Å². The number of rotatable bonds is 5. The third-order valence-corrected chi connectivity index (χ3v) is 6.35. The first-order chi connectivity index (χ1) is 12.5.